The molecule has 22 heavy (non-hydrogen) atoms. The Labute approximate surface area is 129 Å². The number of anilines is 1. The van der Waals surface area contributed by atoms with Gasteiger partial charge in [0.15, 0.2) is 6.10 Å². The fourth-order valence-corrected chi connectivity index (χ4v) is 2.76. The molecule has 0 aromatic heterocycles. The highest BCUT2D eigenvalue weighted by atomic mass is 35.5. The summed E-state index contributed by atoms with van der Waals surface area (Å²) in [5.74, 6) is -0.517. The lowest BCUT2D eigenvalue weighted by atomic mass is 10.0. The molecular weight excluding hydrogens is 321 g/mol. The molecular formula is C14H12ClF3N2O2. The number of amides is 1. The van der Waals surface area contributed by atoms with Crippen molar-refractivity contribution in [1.29, 1.82) is 5.26 Å². The molecule has 0 unspecified atom stereocenters. The van der Waals surface area contributed by atoms with E-state index >= 15 is 0 Å². The summed E-state index contributed by atoms with van der Waals surface area (Å²) >= 11 is 6.00. The van der Waals surface area contributed by atoms with Crippen LogP contribution in [-0.4, -0.2) is 29.3 Å². The van der Waals surface area contributed by atoms with Crippen molar-refractivity contribution in [3.63, 3.8) is 0 Å². The van der Waals surface area contributed by atoms with Crippen LogP contribution in [0, 0.1) is 18.3 Å². The second-order valence-corrected chi connectivity index (χ2v) is 5.42. The molecule has 1 amide bonds. The van der Waals surface area contributed by atoms with E-state index in [-0.39, 0.29) is 29.1 Å². The monoisotopic (exact) mass is 332 g/mol. The van der Waals surface area contributed by atoms with Gasteiger partial charge in [-0.25, -0.2) is 0 Å². The molecule has 0 saturated carbocycles. The fraction of sp³-hybridized carbons (Fsp3) is 0.429. The second-order valence-electron chi connectivity index (χ2n) is 5.04. The quantitative estimate of drug-likeness (QED) is 0.905. The lowest BCUT2D eigenvalue weighted by Gasteiger charge is -2.31. The molecule has 1 aromatic rings. The highest BCUT2D eigenvalue weighted by Gasteiger charge is 2.49. The number of nitriles is 1. The Balaban J connectivity index is 2.48. The molecule has 2 atom stereocenters. The van der Waals surface area contributed by atoms with Gasteiger partial charge in [-0.1, -0.05) is 11.6 Å². The van der Waals surface area contributed by atoms with Gasteiger partial charge in [0.1, 0.15) is 6.07 Å². The van der Waals surface area contributed by atoms with Gasteiger partial charge in [0, 0.05) is 12.1 Å². The summed E-state index contributed by atoms with van der Waals surface area (Å²) in [4.78, 5) is 12.9. The van der Waals surface area contributed by atoms with Crippen LogP contribution >= 0.6 is 11.6 Å². The first kappa shape index (κ1) is 16.6. The average molecular weight is 333 g/mol. The minimum Gasteiger partial charge on any atom is -0.382 e. The predicted octanol–water partition coefficient (Wildman–Crippen LogP) is 2.94. The molecule has 2 rings (SSSR count). The summed E-state index contributed by atoms with van der Waals surface area (Å²) in [5.41, 5.74) is 0.678. The Morgan fingerprint density at radius 1 is 1.50 bits per heavy atom. The number of alkyl halides is 3. The number of carbonyl (C=O) groups excluding carboxylic acids is 1. The first-order valence-electron chi connectivity index (χ1n) is 6.44. The Bertz CT molecular complexity index is 655. The predicted molar refractivity (Wildman–Crippen MR) is 73.5 cm³/mol. The summed E-state index contributed by atoms with van der Waals surface area (Å²) in [6, 6.07) is 3.18. The van der Waals surface area contributed by atoms with Gasteiger partial charge in [0.25, 0.3) is 0 Å². The van der Waals surface area contributed by atoms with Gasteiger partial charge >= 0.3 is 6.18 Å². The highest BCUT2D eigenvalue weighted by Crippen LogP contribution is 2.38. The lowest BCUT2D eigenvalue weighted by molar-refractivity contribution is -0.209. The third-order valence-electron chi connectivity index (χ3n) is 3.69. The maximum Gasteiger partial charge on any atom is 0.416 e. The number of benzene rings is 1. The number of carbonyl (C=O) groups is 1. The first-order valence-corrected chi connectivity index (χ1v) is 6.82. The maximum atomic E-state index is 12.8. The summed E-state index contributed by atoms with van der Waals surface area (Å²) < 4.78 is 38.3. The number of hydrogen-bond acceptors (Lipinski definition) is 3. The molecule has 1 fully saturated rings. The van der Waals surface area contributed by atoms with Crippen molar-refractivity contribution in [1.82, 2.24) is 0 Å². The normalized spacial score (nSPS) is 20.1. The summed E-state index contributed by atoms with van der Waals surface area (Å²) in [5, 5.41) is 18.5. The van der Waals surface area contributed by atoms with Crippen LogP contribution in [-0.2, 0) is 4.79 Å². The minimum absolute atomic E-state index is 0.0833. The minimum atomic E-state index is -4.82. The number of hydrogen-bond donors (Lipinski definition) is 1. The van der Waals surface area contributed by atoms with E-state index in [2.05, 4.69) is 0 Å². The van der Waals surface area contributed by atoms with Gasteiger partial charge in [-0.15, -0.1) is 0 Å². The largest absolute Gasteiger partial charge is 0.416 e. The van der Waals surface area contributed by atoms with Crippen LogP contribution in [0.2, 0.25) is 5.02 Å². The van der Waals surface area contributed by atoms with Gasteiger partial charge in [-0.3, -0.25) is 4.79 Å². The molecule has 1 heterocycles. The first-order chi connectivity index (χ1) is 10.2. The Morgan fingerprint density at radius 3 is 2.68 bits per heavy atom. The Kier molecular flexibility index (Phi) is 4.36. The molecule has 1 saturated heterocycles. The standard InChI is InChI=1S/C14H12ClF3N2O2/c1-7-9(3-2-8(6-19)12(7)15)20-10(4-5-11(20)21)13(22)14(16,17)18/h2-3,10,13,22H,4-5H2,1H3/t10-,13+/m0/s1. The zero-order valence-corrected chi connectivity index (χ0v) is 12.2. The molecule has 8 heteroatoms. The zero-order valence-electron chi connectivity index (χ0n) is 11.5. The van der Waals surface area contributed by atoms with Crippen LogP contribution in [0.4, 0.5) is 18.9 Å². The number of rotatable bonds is 2. The fourth-order valence-electron chi connectivity index (χ4n) is 2.56. The number of halogens is 4. The van der Waals surface area contributed by atoms with Crippen LogP contribution in [0.25, 0.3) is 0 Å². The zero-order chi connectivity index (χ0) is 16.7. The maximum absolute atomic E-state index is 12.8. The summed E-state index contributed by atoms with van der Waals surface area (Å²) in [6.07, 6.45) is -7.64. The molecule has 4 nitrogen and oxygen atoms in total. The Hall–Kier alpha value is -1.78. The van der Waals surface area contributed by atoms with E-state index in [0.717, 1.165) is 4.90 Å². The molecule has 1 aliphatic heterocycles. The number of aliphatic hydroxyl groups is 1. The van der Waals surface area contributed by atoms with Gasteiger partial charge < -0.3 is 10.0 Å². The smallest absolute Gasteiger partial charge is 0.382 e. The second kappa shape index (κ2) is 5.78. The van der Waals surface area contributed by atoms with Gasteiger partial charge in [-0.05, 0) is 31.0 Å². The molecule has 0 aliphatic carbocycles. The van der Waals surface area contributed by atoms with Crippen molar-refractivity contribution in [3.05, 3.63) is 28.3 Å². The molecule has 0 radical (unpaired) electrons. The van der Waals surface area contributed by atoms with E-state index in [0.29, 0.717) is 5.56 Å². The summed E-state index contributed by atoms with van der Waals surface area (Å²) in [6.45, 7) is 1.52. The lowest BCUT2D eigenvalue weighted by Crippen LogP contribution is -2.48. The molecule has 1 aromatic carbocycles. The van der Waals surface area contributed by atoms with Crippen molar-refractivity contribution in [2.75, 3.05) is 4.90 Å². The topological polar surface area (TPSA) is 64.3 Å². The van der Waals surface area contributed by atoms with E-state index in [1.807, 2.05) is 6.07 Å². The third kappa shape index (κ3) is 2.76. The van der Waals surface area contributed by atoms with Crippen molar-refractivity contribution in [3.8, 4) is 6.07 Å². The molecule has 1 aliphatic rings. The van der Waals surface area contributed by atoms with Gasteiger partial charge in [0.2, 0.25) is 5.91 Å². The average Bonchev–Trinajstić information content (AvgIpc) is 2.81. The molecule has 118 valence electrons. The molecule has 1 N–H and O–H groups in total. The van der Waals surface area contributed by atoms with Crippen molar-refractivity contribution in [2.45, 2.75) is 38.1 Å². The van der Waals surface area contributed by atoms with E-state index in [4.69, 9.17) is 16.9 Å². The van der Waals surface area contributed by atoms with Crippen molar-refractivity contribution < 1.29 is 23.1 Å². The number of nitrogens with zero attached hydrogens (tertiary/aromatic N) is 2. The van der Waals surface area contributed by atoms with E-state index < -0.39 is 24.2 Å². The third-order valence-corrected chi connectivity index (χ3v) is 4.18. The van der Waals surface area contributed by atoms with Crippen LogP contribution < -0.4 is 4.90 Å². The van der Waals surface area contributed by atoms with E-state index in [9.17, 15) is 23.1 Å². The molecule has 0 bridgehead atoms. The molecule has 0 spiro atoms. The highest BCUT2D eigenvalue weighted by molar-refractivity contribution is 6.33. The van der Waals surface area contributed by atoms with Crippen LogP contribution in [0.1, 0.15) is 24.0 Å². The van der Waals surface area contributed by atoms with Crippen LogP contribution in [0.5, 0.6) is 0 Å². The van der Waals surface area contributed by atoms with Crippen molar-refractivity contribution in [2.24, 2.45) is 0 Å². The van der Waals surface area contributed by atoms with E-state index in [1.165, 1.54) is 19.1 Å². The number of aliphatic hydroxyl groups excluding tert-OH is 1. The van der Waals surface area contributed by atoms with Crippen LogP contribution in [0.3, 0.4) is 0 Å². The van der Waals surface area contributed by atoms with Crippen molar-refractivity contribution >= 4 is 23.2 Å². The Morgan fingerprint density at radius 2 is 2.14 bits per heavy atom. The SMILES string of the molecule is Cc1c(N2C(=O)CC[C@H]2[C@@H](O)C(F)(F)F)ccc(C#N)c1Cl. The summed E-state index contributed by atoms with van der Waals surface area (Å²) in [7, 11) is 0. The van der Waals surface area contributed by atoms with Gasteiger partial charge in [0.05, 0.1) is 16.6 Å². The van der Waals surface area contributed by atoms with E-state index in [1.54, 1.807) is 0 Å². The van der Waals surface area contributed by atoms with Crippen LogP contribution in [0.15, 0.2) is 12.1 Å². The van der Waals surface area contributed by atoms with Gasteiger partial charge in [-0.2, -0.15) is 18.4 Å².